The number of ether oxygens (including phenoxy) is 1. The van der Waals surface area contributed by atoms with E-state index in [-0.39, 0.29) is 11.4 Å². The number of aromatic nitrogens is 1. The van der Waals surface area contributed by atoms with Crippen molar-refractivity contribution in [2.24, 2.45) is 5.41 Å². The van der Waals surface area contributed by atoms with Gasteiger partial charge in [-0.1, -0.05) is 0 Å². The van der Waals surface area contributed by atoms with Crippen LogP contribution in [-0.2, 0) is 9.53 Å². The molecule has 1 fully saturated rings. The quantitative estimate of drug-likeness (QED) is 0.616. The molecular formula is C15H18N2O2S. The van der Waals surface area contributed by atoms with Crippen molar-refractivity contribution in [3.8, 4) is 6.07 Å². The second kappa shape index (κ2) is 5.84. The number of aryl methyl sites for hydroxylation is 2. The first kappa shape index (κ1) is 14.9. The summed E-state index contributed by atoms with van der Waals surface area (Å²) in [6.45, 7) is 3.86. The predicted molar refractivity (Wildman–Crippen MR) is 77.5 cm³/mol. The zero-order chi connectivity index (χ0) is 14.8. The molecule has 4 nitrogen and oxygen atoms in total. The van der Waals surface area contributed by atoms with Crippen molar-refractivity contribution in [3.05, 3.63) is 22.9 Å². The molecule has 1 saturated carbocycles. The van der Waals surface area contributed by atoms with Crippen molar-refractivity contribution >= 4 is 17.7 Å². The summed E-state index contributed by atoms with van der Waals surface area (Å²) in [6, 6.07) is 4.15. The zero-order valence-corrected chi connectivity index (χ0v) is 12.8. The van der Waals surface area contributed by atoms with Crippen LogP contribution in [0.5, 0.6) is 0 Å². The Labute approximate surface area is 123 Å². The summed E-state index contributed by atoms with van der Waals surface area (Å²) in [6.07, 6.45) is 2.55. The molecule has 0 unspecified atom stereocenters. The van der Waals surface area contributed by atoms with E-state index in [2.05, 4.69) is 11.1 Å². The van der Waals surface area contributed by atoms with E-state index in [0.717, 1.165) is 34.9 Å². The number of pyridine rings is 1. The van der Waals surface area contributed by atoms with Crippen LogP contribution >= 0.6 is 11.8 Å². The third kappa shape index (κ3) is 3.31. The van der Waals surface area contributed by atoms with Crippen LogP contribution in [0.25, 0.3) is 0 Å². The lowest BCUT2D eigenvalue weighted by Crippen LogP contribution is -2.13. The maximum Gasteiger partial charge on any atom is 0.306 e. The van der Waals surface area contributed by atoms with E-state index in [0.29, 0.717) is 12.0 Å². The minimum Gasteiger partial charge on any atom is -0.469 e. The van der Waals surface area contributed by atoms with Gasteiger partial charge in [0.25, 0.3) is 0 Å². The Bertz CT molecular complexity index is 574. The lowest BCUT2D eigenvalue weighted by molar-refractivity contribution is -0.141. The van der Waals surface area contributed by atoms with Crippen LogP contribution in [0.15, 0.2) is 11.1 Å². The number of nitrogens with zero attached hydrogens (tertiary/aromatic N) is 2. The Morgan fingerprint density at radius 1 is 1.55 bits per heavy atom. The van der Waals surface area contributed by atoms with Gasteiger partial charge in [-0.15, -0.1) is 11.8 Å². The number of rotatable bonds is 5. The van der Waals surface area contributed by atoms with Gasteiger partial charge in [-0.05, 0) is 43.7 Å². The van der Waals surface area contributed by atoms with Gasteiger partial charge in [-0.3, -0.25) is 4.79 Å². The highest BCUT2D eigenvalue weighted by Gasteiger charge is 2.44. The maximum absolute atomic E-state index is 11.4. The molecule has 2 rings (SSSR count). The van der Waals surface area contributed by atoms with Crippen molar-refractivity contribution < 1.29 is 9.53 Å². The summed E-state index contributed by atoms with van der Waals surface area (Å²) < 4.78 is 4.75. The van der Waals surface area contributed by atoms with Crippen molar-refractivity contribution in [1.29, 1.82) is 5.26 Å². The molecule has 1 aromatic rings. The lowest BCUT2D eigenvalue weighted by Gasteiger charge is -2.14. The van der Waals surface area contributed by atoms with Crippen LogP contribution < -0.4 is 0 Å². The fourth-order valence-electron chi connectivity index (χ4n) is 2.19. The van der Waals surface area contributed by atoms with E-state index >= 15 is 0 Å². The van der Waals surface area contributed by atoms with Gasteiger partial charge >= 0.3 is 5.97 Å². The third-order valence-corrected chi connectivity index (χ3v) is 4.97. The second-order valence-electron chi connectivity index (χ2n) is 5.41. The van der Waals surface area contributed by atoms with E-state index in [1.165, 1.54) is 7.11 Å². The highest BCUT2D eigenvalue weighted by molar-refractivity contribution is 7.99. The molecule has 1 heterocycles. The molecule has 0 atom stereocenters. The fourth-order valence-corrected chi connectivity index (χ4v) is 3.58. The van der Waals surface area contributed by atoms with Crippen molar-refractivity contribution in [2.75, 3.05) is 12.9 Å². The number of methoxy groups -OCH3 is 1. The summed E-state index contributed by atoms with van der Waals surface area (Å²) in [5, 5.41) is 10.0. The standard InChI is InChI=1S/C15H18N2O2S/c1-10-6-11(2)17-14(12(10)8-16)20-9-15(4-5-15)7-13(18)19-3/h6H,4-5,7,9H2,1-3H3. The first-order valence-corrected chi connectivity index (χ1v) is 7.56. The number of esters is 1. The Hall–Kier alpha value is -1.54. The van der Waals surface area contributed by atoms with Gasteiger partial charge in [0.15, 0.2) is 0 Å². The first-order valence-electron chi connectivity index (χ1n) is 6.58. The molecule has 5 heteroatoms. The summed E-state index contributed by atoms with van der Waals surface area (Å²) >= 11 is 1.58. The van der Waals surface area contributed by atoms with Gasteiger partial charge < -0.3 is 4.74 Å². The summed E-state index contributed by atoms with van der Waals surface area (Å²) in [7, 11) is 1.42. The molecule has 1 aliphatic carbocycles. The van der Waals surface area contributed by atoms with Crippen molar-refractivity contribution in [2.45, 2.75) is 38.1 Å². The van der Waals surface area contributed by atoms with Crippen molar-refractivity contribution in [1.82, 2.24) is 4.98 Å². The average molecular weight is 290 g/mol. The molecular weight excluding hydrogens is 272 g/mol. The smallest absolute Gasteiger partial charge is 0.306 e. The van der Waals surface area contributed by atoms with Crippen LogP contribution in [0, 0.1) is 30.6 Å². The number of thioether (sulfide) groups is 1. The van der Waals surface area contributed by atoms with Crippen molar-refractivity contribution in [3.63, 3.8) is 0 Å². The van der Waals surface area contributed by atoms with E-state index in [1.54, 1.807) is 11.8 Å². The summed E-state index contributed by atoms with van der Waals surface area (Å²) in [4.78, 5) is 15.9. The molecule has 0 aliphatic heterocycles. The Morgan fingerprint density at radius 3 is 2.80 bits per heavy atom. The maximum atomic E-state index is 11.4. The Balaban J connectivity index is 2.08. The van der Waals surface area contributed by atoms with Gasteiger partial charge in [0, 0.05) is 11.4 Å². The molecule has 106 valence electrons. The minimum atomic E-state index is -0.156. The van der Waals surface area contributed by atoms with E-state index in [1.807, 2.05) is 19.9 Å². The van der Waals surface area contributed by atoms with E-state index < -0.39 is 0 Å². The normalized spacial score (nSPS) is 15.5. The summed E-state index contributed by atoms with van der Waals surface area (Å²) in [5.74, 6) is 0.657. The molecule has 0 N–H and O–H groups in total. The Kier molecular flexibility index (Phi) is 4.34. The number of carbonyl (C=O) groups is 1. The van der Waals surface area contributed by atoms with Crippen LogP contribution in [0.1, 0.15) is 36.1 Å². The minimum absolute atomic E-state index is 0.0455. The van der Waals surface area contributed by atoms with Crippen LogP contribution in [-0.4, -0.2) is 23.8 Å². The number of hydrogen-bond donors (Lipinski definition) is 0. The molecule has 20 heavy (non-hydrogen) atoms. The fraction of sp³-hybridized carbons (Fsp3) is 0.533. The SMILES string of the molecule is COC(=O)CC1(CSc2nc(C)cc(C)c2C#N)CC1. The van der Waals surface area contributed by atoms with Gasteiger partial charge in [-0.25, -0.2) is 4.98 Å². The second-order valence-corrected chi connectivity index (χ2v) is 6.38. The van der Waals surface area contributed by atoms with E-state index in [9.17, 15) is 10.1 Å². The number of carbonyl (C=O) groups excluding carboxylic acids is 1. The molecule has 0 spiro atoms. The molecule has 0 amide bonds. The predicted octanol–water partition coefficient (Wildman–Crippen LogP) is 3.01. The molecule has 0 aromatic carbocycles. The van der Waals surface area contributed by atoms with Crippen LogP contribution in [0.2, 0.25) is 0 Å². The summed E-state index contributed by atoms with van der Waals surface area (Å²) in [5.41, 5.74) is 2.57. The van der Waals surface area contributed by atoms with Gasteiger partial charge in [0.2, 0.25) is 0 Å². The number of hydrogen-bond acceptors (Lipinski definition) is 5. The molecule has 0 saturated heterocycles. The molecule has 0 bridgehead atoms. The van der Waals surface area contributed by atoms with Gasteiger partial charge in [0.1, 0.15) is 11.1 Å². The largest absolute Gasteiger partial charge is 0.469 e. The van der Waals surface area contributed by atoms with Crippen LogP contribution in [0.4, 0.5) is 0 Å². The topological polar surface area (TPSA) is 63.0 Å². The first-order chi connectivity index (χ1) is 9.49. The molecule has 1 aromatic heterocycles. The zero-order valence-electron chi connectivity index (χ0n) is 12.0. The highest BCUT2D eigenvalue weighted by Crippen LogP contribution is 2.52. The molecule has 1 aliphatic rings. The average Bonchev–Trinajstić information content (AvgIpc) is 3.16. The molecule has 0 radical (unpaired) electrons. The van der Waals surface area contributed by atoms with Gasteiger partial charge in [-0.2, -0.15) is 5.26 Å². The van der Waals surface area contributed by atoms with Crippen LogP contribution in [0.3, 0.4) is 0 Å². The highest BCUT2D eigenvalue weighted by atomic mass is 32.2. The Morgan fingerprint density at radius 2 is 2.25 bits per heavy atom. The monoisotopic (exact) mass is 290 g/mol. The third-order valence-electron chi connectivity index (χ3n) is 3.64. The number of nitriles is 1. The van der Waals surface area contributed by atoms with E-state index in [4.69, 9.17) is 4.74 Å². The lowest BCUT2D eigenvalue weighted by atomic mass is 10.1. The van der Waals surface area contributed by atoms with Gasteiger partial charge in [0.05, 0.1) is 19.1 Å².